The van der Waals surface area contributed by atoms with Gasteiger partial charge < -0.3 is 10.6 Å². The van der Waals surface area contributed by atoms with Gasteiger partial charge in [0.2, 0.25) is 0 Å². The van der Waals surface area contributed by atoms with Crippen molar-refractivity contribution in [2.75, 3.05) is 14.1 Å². The predicted molar refractivity (Wildman–Crippen MR) is 33.3 cm³/mol. The minimum Gasteiger partial charge on any atom is -0.381 e. The van der Waals surface area contributed by atoms with E-state index in [1.807, 2.05) is 0 Å². The first kappa shape index (κ1) is 6.94. The van der Waals surface area contributed by atoms with Crippen LogP contribution in [0.25, 0.3) is 0 Å². The van der Waals surface area contributed by atoms with Crippen LogP contribution in [0.5, 0.6) is 0 Å². The number of hydrogen-bond acceptors (Lipinski definition) is 2. The van der Waals surface area contributed by atoms with Crippen molar-refractivity contribution in [3.8, 4) is 0 Å². The van der Waals surface area contributed by atoms with Crippen LogP contribution in [0, 0.1) is 10.8 Å². The minimum atomic E-state index is -0.199. The summed E-state index contributed by atoms with van der Waals surface area (Å²) in [6.07, 6.45) is 0. The fourth-order valence-electron chi connectivity index (χ4n) is 0.241. The molecular weight excluding hydrogens is 104 g/mol. The molecule has 4 nitrogen and oxygen atoms in total. The Hall–Kier alpha value is -1.06. The van der Waals surface area contributed by atoms with E-state index in [0.29, 0.717) is 0 Å². The van der Waals surface area contributed by atoms with Gasteiger partial charge in [0.1, 0.15) is 0 Å². The van der Waals surface area contributed by atoms with Gasteiger partial charge in [0.15, 0.2) is 11.7 Å². The molecule has 46 valence electrons. The van der Waals surface area contributed by atoms with E-state index in [1.165, 1.54) is 4.90 Å². The molecule has 0 radical (unpaired) electrons. The maximum Gasteiger partial charge on any atom is 0.162 e. The number of hydrogen-bond donors (Lipinski definition) is 3. The Morgan fingerprint density at radius 2 is 1.75 bits per heavy atom. The third kappa shape index (κ3) is 1.59. The zero-order valence-corrected chi connectivity index (χ0v) is 5.02. The molecule has 0 aliphatic carbocycles. The zero-order chi connectivity index (χ0) is 6.73. The lowest BCUT2D eigenvalue weighted by Crippen LogP contribution is -2.33. The highest BCUT2D eigenvalue weighted by molar-refractivity contribution is 6.36. The lowest BCUT2D eigenvalue weighted by atomic mass is 10.5. The number of nitrogens with two attached hydrogens (primary N) is 1. The Balaban J connectivity index is 3.84. The lowest BCUT2D eigenvalue weighted by Gasteiger charge is -2.10. The van der Waals surface area contributed by atoms with Gasteiger partial charge in [0.25, 0.3) is 0 Å². The van der Waals surface area contributed by atoms with Crippen molar-refractivity contribution in [1.82, 2.24) is 4.90 Å². The van der Waals surface area contributed by atoms with Crippen LogP contribution in [0.3, 0.4) is 0 Å². The van der Waals surface area contributed by atoms with Crippen LogP contribution in [0.1, 0.15) is 0 Å². The quantitative estimate of drug-likeness (QED) is 0.292. The highest BCUT2D eigenvalue weighted by atomic mass is 15.1. The van der Waals surface area contributed by atoms with Gasteiger partial charge in [-0.25, -0.2) is 0 Å². The average Bonchev–Trinajstić information content (AvgIpc) is 1.64. The highest BCUT2D eigenvalue weighted by Crippen LogP contribution is 1.74. The molecule has 4 heteroatoms. The molecular formula is C4H10N4. The summed E-state index contributed by atoms with van der Waals surface area (Å²) in [7, 11) is 3.34. The van der Waals surface area contributed by atoms with E-state index in [4.69, 9.17) is 16.6 Å². The van der Waals surface area contributed by atoms with Crippen LogP contribution in [0.2, 0.25) is 0 Å². The van der Waals surface area contributed by atoms with Crippen molar-refractivity contribution in [2.45, 2.75) is 0 Å². The first-order valence-electron chi connectivity index (χ1n) is 2.16. The number of nitrogens with zero attached hydrogens (tertiary/aromatic N) is 1. The molecule has 0 bridgehead atoms. The Morgan fingerprint density at radius 1 is 1.38 bits per heavy atom. The smallest absolute Gasteiger partial charge is 0.162 e. The van der Waals surface area contributed by atoms with Gasteiger partial charge in [0, 0.05) is 14.1 Å². The molecule has 0 aliphatic heterocycles. The molecule has 0 aromatic carbocycles. The maximum atomic E-state index is 6.97. The van der Waals surface area contributed by atoms with Gasteiger partial charge >= 0.3 is 0 Å². The van der Waals surface area contributed by atoms with Crippen molar-refractivity contribution in [3.63, 3.8) is 0 Å². The van der Waals surface area contributed by atoms with Crippen LogP contribution in [0.4, 0.5) is 0 Å². The number of rotatable bonds is 0. The lowest BCUT2D eigenvalue weighted by molar-refractivity contribution is 0.625. The van der Waals surface area contributed by atoms with Crippen molar-refractivity contribution >= 4 is 11.7 Å². The molecule has 0 rings (SSSR count). The van der Waals surface area contributed by atoms with Gasteiger partial charge in [-0.2, -0.15) is 0 Å². The molecule has 4 N–H and O–H groups in total. The van der Waals surface area contributed by atoms with Gasteiger partial charge in [-0.15, -0.1) is 0 Å². The van der Waals surface area contributed by atoms with Crippen molar-refractivity contribution < 1.29 is 0 Å². The largest absolute Gasteiger partial charge is 0.381 e. The molecule has 0 saturated heterocycles. The minimum absolute atomic E-state index is 0.0463. The summed E-state index contributed by atoms with van der Waals surface area (Å²) < 4.78 is 0. The van der Waals surface area contributed by atoms with Gasteiger partial charge in [-0.05, 0) is 0 Å². The molecule has 0 aromatic heterocycles. The summed E-state index contributed by atoms with van der Waals surface area (Å²) in [5, 5.41) is 13.7. The van der Waals surface area contributed by atoms with Crippen LogP contribution in [-0.2, 0) is 0 Å². The van der Waals surface area contributed by atoms with E-state index in [-0.39, 0.29) is 11.7 Å². The first-order chi connectivity index (χ1) is 3.55. The van der Waals surface area contributed by atoms with Gasteiger partial charge in [0.05, 0.1) is 0 Å². The zero-order valence-electron chi connectivity index (χ0n) is 5.02. The van der Waals surface area contributed by atoms with E-state index in [1.54, 1.807) is 14.1 Å². The van der Waals surface area contributed by atoms with Crippen molar-refractivity contribution in [2.24, 2.45) is 5.73 Å². The summed E-state index contributed by atoms with van der Waals surface area (Å²) in [5.41, 5.74) is 4.95. The molecule has 0 aliphatic rings. The summed E-state index contributed by atoms with van der Waals surface area (Å²) in [5.74, 6) is -0.153. The highest BCUT2D eigenvalue weighted by Gasteiger charge is 1.99. The summed E-state index contributed by atoms with van der Waals surface area (Å²) in [6, 6.07) is 0. The number of amidine groups is 2. The monoisotopic (exact) mass is 114 g/mol. The molecule has 0 amide bonds. The SMILES string of the molecule is CN(C)C(=N)C(=N)N. The second kappa shape index (κ2) is 2.30. The topological polar surface area (TPSA) is 77.0 Å². The summed E-state index contributed by atoms with van der Waals surface area (Å²) in [4.78, 5) is 1.47. The molecule has 0 aromatic rings. The van der Waals surface area contributed by atoms with Crippen LogP contribution < -0.4 is 5.73 Å². The standard InChI is InChI=1S/C4H10N4/c1-8(2)4(7)3(5)6/h7H,1-2H3,(H3,5,6). The molecule has 0 heterocycles. The average molecular weight is 114 g/mol. The van der Waals surface area contributed by atoms with Crippen molar-refractivity contribution in [1.29, 1.82) is 10.8 Å². The molecule has 0 atom stereocenters. The van der Waals surface area contributed by atoms with Crippen molar-refractivity contribution in [3.05, 3.63) is 0 Å². The van der Waals surface area contributed by atoms with Crippen LogP contribution in [-0.4, -0.2) is 30.7 Å². The summed E-state index contributed by atoms with van der Waals surface area (Å²) >= 11 is 0. The second-order valence-corrected chi connectivity index (χ2v) is 1.66. The summed E-state index contributed by atoms with van der Waals surface area (Å²) in [6.45, 7) is 0. The van der Waals surface area contributed by atoms with E-state index in [2.05, 4.69) is 0 Å². The number of nitrogens with one attached hydrogen (secondary N) is 2. The Kier molecular flexibility index (Phi) is 1.99. The second-order valence-electron chi connectivity index (χ2n) is 1.66. The molecule has 8 heavy (non-hydrogen) atoms. The Labute approximate surface area is 48.3 Å². The number of likely N-dealkylation sites (N-methyl/N-ethyl adjacent to an activating group) is 1. The van der Waals surface area contributed by atoms with Crippen LogP contribution >= 0.6 is 0 Å². The van der Waals surface area contributed by atoms with Gasteiger partial charge in [-0.1, -0.05) is 0 Å². The first-order valence-corrected chi connectivity index (χ1v) is 2.16. The molecule has 0 saturated carbocycles. The van der Waals surface area contributed by atoms with Gasteiger partial charge in [-0.3, -0.25) is 10.8 Å². The fourth-order valence-corrected chi connectivity index (χ4v) is 0.241. The fraction of sp³-hybridized carbons (Fsp3) is 0.500. The Morgan fingerprint density at radius 3 is 1.75 bits per heavy atom. The third-order valence-electron chi connectivity index (χ3n) is 0.702. The molecule has 0 fully saturated rings. The molecule has 0 spiro atoms. The van der Waals surface area contributed by atoms with E-state index in [9.17, 15) is 0 Å². The van der Waals surface area contributed by atoms with Crippen LogP contribution in [0.15, 0.2) is 0 Å². The Bertz CT molecular complexity index is 115. The maximum absolute atomic E-state index is 6.97. The third-order valence-corrected chi connectivity index (χ3v) is 0.702. The van der Waals surface area contributed by atoms with E-state index < -0.39 is 0 Å². The molecule has 0 unspecified atom stereocenters. The normalized spacial score (nSPS) is 8.25. The van der Waals surface area contributed by atoms with E-state index in [0.717, 1.165) is 0 Å². The predicted octanol–water partition coefficient (Wildman–Crippen LogP) is -0.539. The van der Waals surface area contributed by atoms with E-state index >= 15 is 0 Å².